The zero-order valence-corrected chi connectivity index (χ0v) is 14.3. The number of aryl methyl sites for hydroxylation is 2. The SMILES string of the molecule is COc1ccc(-n2c(C)nnc2SCc2cccc(C)c2)cc1. The quantitative estimate of drug-likeness (QED) is 0.660. The largest absolute Gasteiger partial charge is 0.497 e. The molecule has 0 saturated carbocycles. The van der Waals surface area contributed by atoms with E-state index in [4.69, 9.17) is 4.74 Å². The smallest absolute Gasteiger partial charge is 0.196 e. The number of benzene rings is 2. The highest BCUT2D eigenvalue weighted by atomic mass is 32.2. The maximum absolute atomic E-state index is 5.22. The molecule has 0 atom stereocenters. The Hall–Kier alpha value is -2.27. The van der Waals surface area contributed by atoms with Gasteiger partial charge in [0.15, 0.2) is 5.16 Å². The molecule has 1 heterocycles. The van der Waals surface area contributed by atoms with Gasteiger partial charge in [0.05, 0.1) is 7.11 Å². The number of nitrogens with zero attached hydrogens (tertiary/aromatic N) is 3. The molecule has 0 aliphatic heterocycles. The number of hydrogen-bond acceptors (Lipinski definition) is 4. The molecule has 23 heavy (non-hydrogen) atoms. The van der Waals surface area contributed by atoms with E-state index in [1.165, 1.54) is 11.1 Å². The fourth-order valence-corrected chi connectivity index (χ4v) is 3.36. The van der Waals surface area contributed by atoms with Gasteiger partial charge in [-0.25, -0.2) is 0 Å². The first-order chi connectivity index (χ1) is 11.2. The van der Waals surface area contributed by atoms with Crippen molar-refractivity contribution in [1.82, 2.24) is 14.8 Å². The summed E-state index contributed by atoms with van der Waals surface area (Å²) in [6.45, 7) is 4.08. The third-order valence-electron chi connectivity index (χ3n) is 3.58. The normalized spacial score (nSPS) is 10.7. The first-order valence-corrected chi connectivity index (χ1v) is 8.41. The van der Waals surface area contributed by atoms with Crippen molar-refractivity contribution in [2.45, 2.75) is 24.8 Å². The van der Waals surface area contributed by atoms with Gasteiger partial charge in [-0.1, -0.05) is 41.6 Å². The van der Waals surface area contributed by atoms with Gasteiger partial charge in [0, 0.05) is 11.4 Å². The summed E-state index contributed by atoms with van der Waals surface area (Å²) >= 11 is 1.69. The first-order valence-electron chi connectivity index (χ1n) is 7.42. The van der Waals surface area contributed by atoms with Crippen molar-refractivity contribution in [3.63, 3.8) is 0 Å². The molecule has 1 aromatic heterocycles. The summed E-state index contributed by atoms with van der Waals surface area (Å²) in [7, 11) is 1.67. The van der Waals surface area contributed by atoms with Crippen molar-refractivity contribution in [2.75, 3.05) is 7.11 Å². The van der Waals surface area contributed by atoms with Crippen molar-refractivity contribution in [3.8, 4) is 11.4 Å². The highest BCUT2D eigenvalue weighted by Crippen LogP contribution is 2.26. The van der Waals surface area contributed by atoms with Gasteiger partial charge in [-0.2, -0.15) is 0 Å². The number of ether oxygens (including phenoxy) is 1. The zero-order valence-electron chi connectivity index (χ0n) is 13.5. The number of rotatable bonds is 5. The van der Waals surface area contributed by atoms with Gasteiger partial charge in [-0.3, -0.25) is 4.57 Å². The van der Waals surface area contributed by atoms with Gasteiger partial charge in [0.1, 0.15) is 11.6 Å². The molecule has 0 bridgehead atoms. The Morgan fingerprint density at radius 2 is 1.83 bits per heavy atom. The topological polar surface area (TPSA) is 39.9 Å². The van der Waals surface area contributed by atoms with Crippen molar-refractivity contribution in [1.29, 1.82) is 0 Å². The average molecular weight is 325 g/mol. The summed E-state index contributed by atoms with van der Waals surface area (Å²) in [4.78, 5) is 0. The first kappa shape index (κ1) is 15.6. The summed E-state index contributed by atoms with van der Waals surface area (Å²) in [5.41, 5.74) is 3.60. The molecule has 5 heteroatoms. The summed E-state index contributed by atoms with van der Waals surface area (Å²) in [6.07, 6.45) is 0. The molecule has 0 fully saturated rings. The minimum Gasteiger partial charge on any atom is -0.497 e. The van der Waals surface area contributed by atoms with Crippen LogP contribution in [0.2, 0.25) is 0 Å². The Morgan fingerprint density at radius 1 is 1.04 bits per heavy atom. The van der Waals surface area contributed by atoms with Gasteiger partial charge in [0.25, 0.3) is 0 Å². The van der Waals surface area contributed by atoms with Crippen LogP contribution in [0.25, 0.3) is 5.69 Å². The number of thioether (sulfide) groups is 1. The van der Waals surface area contributed by atoms with Crippen LogP contribution >= 0.6 is 11.8 Å². The van der Waals surface area contributed by atoms with Crippen LogP contribution in [0, 0.1) is 13.8 Å². The molecule has 0 spiro atoms. The molecule has 3 aromatic rings. The molecule has 0 aliphatic rings. The van der Waals surface area contributed by atoms with Gasteiger partial charge in [-0.15, -0.1) is 10.2 Å². The molecule has 0 unspecified atom stereocenters. The van der Waals surface area contributed by atoms with Gasteiger partial charge >= 0.3 is 0 Å². The Morgan fingerprint density at radius 3 is 2.52 bits per heavy atom. The molecule has 118 valence electrons. The average Bonchev–Trinajstić information content (AvgIpc) is 2.94. The summed E-state index contributed by atoms with van der Waals surface area (Å²) in [5, 5.41) is 9.44. The Kier molecular flexibility index (Phi) is 4.67. The summed E-state index contributed by atoms with van der Waals surface area (Å²) < 4.78 is 7.29. The minimum absolute atomic E-state index is 0.841. The van der Waals surface area contributed by atoms with E-state index in [1.807, 2.05) is 31.2 Å². The van der Waals surface area contributed by atoms with E-state index < -0.39 is 0 Å². The molecular formula is C18H19N3OS. The zero-order chi connectivity index (χ0) is 16.2. The molecule has 0 aliphatic carbocycles. The van der Waals surface area contributed by atoms with Gasteiger partial charge in [-0.05, 0) is 43.7 Å². The van der Waals surface area contributed by atoms with Crippen LogP contribution in [-0.2, 0) is 5.75 Å². The Labute approximate surface area is 140 Å². The predicted octanol–water partition coefficient (Wildman–Crippen LogP) is 4.19. The molecule has 2 aromatic carbocycles. The molecular weight excluding hydrogens is 306 g/mol. The highest BCUT2D eigenvalue weighted by Gasteiger charge is 2.11. The summed E-state index contributed by atoms with van der Waals surface area (Å²) in [5.74, 6) is 2.59. The van der Waals surface area contributed by atoms with Crippen LogP contribution in [0.15, 0.2) is 53.7 Å². The second-order valence-electron chi connectivity index (χ2n) is 5.34. The van der Waals surface area contributed by atoms with E-state index in [2.05, 4.69) is 46.0 Å². The van der Waals surface area contributed by atoms with Gasteiger partial charge < -0.3 is 4.74 Å². The lowest BCUT2D eigenvalue weighted by Gasteiger charge is -2.09. The lowest BCUT2D eigenvalue weighted by molar-refractivity contribution is 0.414. The van der Waals surface area contributed by atoms with E-state index in [9.17, 15) is 0 Å². The van der Waals surface area contributed by atoms with E-state index in [0.717, 1.165) is 28.2 Å². The van der Waals surface area contributed by atoms with Crippen molar-refractivity contribution in [2.24, 2.45) is 0 Å². The van der Waals surface area contributed by atoms with E-state index in [0.29, 0.717) is 0 Å². The Balaban J connectivity index is 1.83. The minimum atomic E-state index is 0.841. The van der Waals surface area contributed by atoms with Crippen LogP contribution in [0.1, 0.15) is 17.0 Å². The lowest BCUT2D eigenvalue weighted by Crippen LogP contribution is -1.99. The fraction of sp³-hybridized carbons (Fsp3) is 0.222. The third-order valence-corrected chi connectivity index (χ3v) is 4.58. The lowest BCUT2D eigenvalue weighted by atomic mass is 10.2. The van der Waals surface area contributed by atoms with Crippen molar-refractivity contribution < 1.29 is 4.74 Å². The summed E-state index contributed by atoms with van der Waals surface area (Å²) in [6, 6.07) is 16.5. The van der Waals surface area contributed by atoms with Crippen molar-refractivity contribution >= 4 is 11.8 Å². The van der Waals surface area contributed by atoms with Crippen LogP contribution in [-0.4, -0.2) is 21.9 Å². The van der Waals surface area contributed by atoms with E-state index in [1.54, 1.807) is 18.9 Å². The molecule has 4 nitrogen and oxygen atoms in total. The number of hydrogen-bond donors (Lipinski definition) is 0. The fourth-order valence-electron chi connectivity index (χ4n) is 2.41. The van der Waals surface area contributed by atoms with Crippen LogP contribution in [0.3, 0.4) is 0 Å². The van der Waals surface area contributed by atoms with Crippen LogP contribution < -0.4 is 4.74 Å². The van der Waals surface area contributed by atoms with Crippen LogP contribution in [0.5, 0.6) is 5.75 Å². The standard InChI is InChI=1S/C18H19N3OS/c1-13-5-4-6-15(11-13)12-23-18-20-19-14(2)21(18)16-7-9-17(22-3)10-8-16/h4-11H,12H2,1-3H3. The Bertz CT molecular complexity index is 796. The molecule has 0 radical (unpaired) electrons. The molecule has 3 rings (SSSR count). The number of methoxy groups -OCH3 is 1. The van der Waals surface area contributed by atoms with Gasteiger partial charge in [0.2, 0.25) is 0 Å². The second-order valence-corrected chi connectivity index (χ2v) is 6.28. The highest BCUT2D eigenvalue weighted by molar-refractivity contribution is 7.98. The maximum Gasteiger partial charge on any atom is 0.196 e. The third kappa shape index (κ3) is 3.56. The van der Waals surface area contributed by atoms with E-state index >= 15 is 0 Å². The van der Waals surface area contributed by atoms with Crippen LogP contribution in [0.4, 0.5) is 0 Å². The number of aromatic nitrogens is 3. The van der Waals surface area contributed by atoms with Crippen molar-refractivity contribution in [3.05, 3.63) is 65.5 Å². The molecule has 0 saturated heterocycles. The molecule has 0 N–H and O–H groups in total. The monoisotopic (exact) mass is 325 g/mol. The molecule has 0 amide bonds. The van der Waals surface area contributed by atoms with E-state index in [-0.39, 0.29) is 0 Å². The second kappa shape index (κ2) is 6.87. The maximum atomic E-state index is 5.22. The predicted molar refractivity (Wildman–Crippen MR) is 93.4 cm³/mol.